The highest BCUT2D eigenvalue weighted by atomic mass is 32.2. The second-order valence-corrected chi connectivity index (χ2v) is 9.01. The Kier molecular flexibility index (Phi) is 9.18. The fourth-order valence-electron chi connectivity index (χ4n) is 3.99. The van der Waals surface area contributed by atoms with Crippen molar-refractivity contribution in [1.82, 2.24) is 10.6 Å². The Labute approximate surface area is 198 Å². The fourth-order valence-corrected chi connectivity index (χ4v) is 4.55. The van der Waals surface area contributed by atoms with Crippen molar-refractivity contribution in [2.45, 2.75) is 38.1 Å². The van der Waals surface area contributed by atoms with Crippen LogP contribution in [0.2, 0.25) is 0 Å². The van der Waals surface area contributed by atoms with E-state index in [1.807, 2.05) is 31.2 Å². The van der Waals surface area contributed by atoms with Gasteiger partial charge in [0.05, 0.1) is 5.75 Å². The number of unbranched alkanes of at least 4 members (excludes halogenated alkanes) is 1. The summed E-state index contributed by atoms with van der Waals surface area (Å²) in [5.41, 5.74) is 4.57. The van der Waals surface area contributed by atoms with Crippen molar-refractivity contribution in [2.24, 2.45) is 0 Å². The van der Waals surface area contributed by atoms with Crippen molar-refractivity contribution in [3.63, 3.8) is 0 Å². The van der Waals surface area contributed by atoms with E-state index in [1.54, 1.807) is 0 Å². The number of alkyl carbamates (subject to hydrolysis) is 1. The monoisotopic (exact) mass is 470 g/mol. The molecule has 2 aromatic rings. The number of carbonyl (C=O) groups is 3. The van der Waals surface area contributed by atoms with Crippen LogP contribution in [0.5, 0.6) is 0 Å². The molecule has 0 fully saturated rings. The van der Waals surface area contributed by atoms with E-state index in [9.17, 15) is 14.4 Å². The number of carboxylic acids is 1. The minimum absolute atomic E-state index is 0.00681. The highest BCUT2D eigenvalue weighted by Gasteiger charge is 2.29. The van der Waals surface area contributed by atoms with E-state index in [4.69, 9.17) is 9.84 Å². The van der Waals surface area contributed by atoms with Gasteiger partial charge in [0.2, 0.25) is 5.91 Å². The molecule has 3 rings (SSSR count). The normalized spacial score (nSPS) is 13.0. The summed E-state index contributed by atoms with van der Waals surface area (Å²) in [7, 11) is 0. The molecule has 1 atom stereocenters. The molecule has 1 aliphatic carbocycles. The van der Waals surface area contributed by atoms with E-state index in [0.717, 1.165) is 35.1 Å². The van der Waals surface area contributed by atoms with Crippen molar-refractivity contribution < 1.29 is 24.2 Å². The Hall–Kier alpha value is -3.00. The Morgan fingerprint density at radius 2 is 1.70 bits per heavy atom. The van der Waals surface area contributed by atoms with Gasteiger partial charge in [0.25, 0.3) is 0 Å². The summed E-state index contributed by atoms with van der Waals surface area (Å²) in [6.07, 6.45) is 1.57. The lowest BCUT2D eigenvalue weighted by atomic mass is 9.98. The number of hydrogen-bond acceptors (Lipinski definition) is 5. The summed E-state index contributed by atoms with van der Waals surface area (Å²) in [6.45, 7) is 2.55. The minimum Gasteiger partial charge on any atom is -0.481 e. The molecule has 2 aromatic carbocycles. The maximum Gasteiger partial charge on any atom is 0.407 e. The summed E-state index contributed by atoms with van der Waals surface area (Å²) in [4.78, 5) is 35.7. The number of amides is 2. The van der Waals surface area contributed by atoms with Gasteiger partial charge in [-0.05, 0) is 28.7 Å². The van der Waals surface area contributed by atoms with Crippen molar-refractivity contribution in [3.8, 4) is 11.1 Å². The number of thioether (sulfide) groups is 1. The maximum atomic E-state index is 12.6. The average Bonchev–Trinajstić information content (AvgIpc) is 3.13. The van der Waals surface area contributed by atoms with E-state index in [2.05, 4.69) is 34.9 Å². The molecule has 33 heavy (non-hydrogen) atoms. The Balaban J connectivity index is 1.55. The molecule has 0 heterocycles. The molecule has 0 saturated carbocycles. The molecule has 0 aromatic heterocycles. The number of rotatable bonds is 12. The Morgan fingerprint density at radius 1 is 1.06 bits per heavy atom. The zero-order chi connectivity index (χ0) is 23.6. The molecular formula is C25H30N2O5S. The van der Waals surface area contributed by atoms with Crippen LogP contribution in [0.15, 0.2) is 48.5 Å². The van der Waals surface area contributed by atoms with E-state index in [0.29, 0.717) is 18.7 Å². The average molecular weight is 471 g/mol. The van der Waals surface area contributed by atoms with Crippen LogP contribution in [-0.4, -0.2) is 53.8 Å². The topological polar surface area (TPSA) is 105 Å². The van der Waals surface area contributed by atoms with Crippen LogP contribution in [-0.2, 0) is 14.3 Å². The van der Waals surface area contributed by atoms with Gasteiger partial charge in [-0.25, -0.2) is 4.79 Å². The maximum absolute atomic E-state index is 12.6. The van der Waals surface area contributed by atoms with E-state index in [1.165, 1.54) is 11.8 Å². The number of benzene rings is 2. The highest BCUT2D eigenvalue weighted by Crippen LogP contribution is 2.44. The summed E-state index contributed by atoms with van der Waals surface area (Å²) in [6, 6.07) is 15.6. The minimum atomic E-state index is -0.885. The zero-order valence-electron chi connectivity index (χ0n) is 18.7. The zero-order valence-corrected chi connectivity index (χ0v) is 19.5. The molecule has 7 nitrogen and oxygen atoms in total. The van der Waals surface area contributed by atoms with Crippen molar-refractivity contribution in [3.05, 3.63) is 59.7 Å². The first-order chi connectivity index (χ1) is 16.0. The molecule has 3 N–H and O–H groups in total. The summed E-state index contributed by atoms with van der Waals surface area (Å²) < 4.78 is 5.57. The quantitative estimate of drug-likeness (QED) is 0.405. The third-order valence-electron chi connectivity index (χ3n) is 5.57. The fraction of sp³-hybridized carbons (Fsp3) is 0.400. The summed E-state index contributed by atoms with van der Waals surface area (Å²) in [5.74, 6) is -0.731. The number of hydrogen-bond donors (Lipinski definition) is 3. The van der Waals surface area contributed by atoms with Gasteiger partial charge in [-0.3, -0.25) is 9.59 Å². The summed E-state index contributed by atoms with van der Waals surface area (Å²) >= 11 is 1.23. The number of ether oxygens (including phenoxy) is 1. The van der Waals surface area contributed by atoms with Crippen LogP contribution in [0.1, 0.15) is 43.2 Å². The van der Waals surface area contributed by atoms with Gasteiger partial charge in [-0.2, -0.15) is 0 Å². The molecular weight excluding hydrogens is 440 g/mol. The smallest absolute Gasteiger partial charge is 0.407 e. The molecule has 2 amide bonds. The molecule has 176 valence electrons. The van der Waals surface area contributed by atoms with Gasteiger partial charge in [0, 0.05) is 18.2 Å². The van der Waals surface area contributed by atoms with E-state index >= 15 is 0 Å². The van der Waals surface area contributed by atoms with Gasteiger partial charge in [0.1, 0.15) is 12.6 Å². The number of nitrogens with one attached hydrogen (secondary N) is 2. The van der Waals surface area contributed by atoms with Gasteiger partial charge < -0.3 is 20.5 Å². The molecule has 0 aliphatic heterocycles. The SMILES string of the molecule is CCCCC(NC(=O)OCC1c2ccccc2-c2ccccc21)C(=O)NCCSCC(=O)O. The third-order valence-corrected chi connectivity index (χ3v) is 6.51. The van der Waals surface area contributed by atoms with Crippen LogP contribution in [0.25, 0.3) is 11.1 Å². The Bertz CT molecular complexity index is 935. The molecule has 1 unspecified atom stereocenters. The van der Waals surface area contributed by atoms with Crippen LogP contribution >= 0.6 is 11.8 Å². The van der Waals surface area contributed by atoms with Crippen molar-refractivity contribution >= 4 is 29.7 Å². The number of carbonyl (C=O) groups excluding carboxylic acids is 2. The molecule has 0 spiro atoms. The van der Waals surface area contributed by atoms with Crippen molar-refractivity contribution in [1.29, 1.82) is 0 Å². The lowest BCUT2D eigenvalue weighted by Crippen LogP contribution is -2.47. The first kappa shape index (κ1) is 24.6. The molecule has 0 saturated heterocycles. The highest BCUT2D eigenvalue weighted by molar-refractivity contribution is 7.99. The van der Waals surface area contributed by atoms with Gasteiger partial charge in [-0.1, -0.05) is 68.3 Å². The van der Waals surface area contributed by atoms with Crippen LogP contribution < -0.4 is 10.6 Å². The molecule has 8 heteroatoms. The number of fused-ring (bicyclic) bond motifs is 3. The lowest BCUT2D eigenvalue weighted by molar-refractivity contribution is -0.133. The predicted octanol–water partition coefficient (Wildman–Crippen LogP) is 4.02. The van der Waals surface area contributed by atoms with E-state index < -0.39 is 18.1 Å². The van der Waals surface area contributed by atoms with Crippen LogP contribution in [0.4, 0.5) is 4.79 Å². The van der Waals surface area contributed by atoms with Gasteiger partial charge >= 0.3 is 12.1 Å². The third kappa shape index (κ3) is 6.74. The van der Waals surface area contributed by atoms with Gasteiger partial charge in [0.15, 0.2) is 0 Å². The summed E-state index contributed by atoms with van der Waals surface area (Å²) in [5, 5.41) is 14.2. The first-order valence-corrected chi connectivity index (χ1v) is 12.4. The Morgan fingerprint density at radius 3 is 2.30 bits per heavy atom. The molecule has 1 aliphatic rings. The molecule has 0 radical (unpaired) electrons. The number of carboxylic acid groups (broad SMARTS) is 1. The largest absolute Gasteiger partial charge is 0.481 e. The number of aliphatic carboxylic acids is 1. The first-order valence-electron chi connectivity index (χ1n) is 11.2. The molecule has 0 bridgehead atoms. The van der Waals surface area contributed by atoms with Crippen molar-refractivity contribution in [2.75, 3.05) is 24.7 Å². The predicted molar refractivity (Wildman–Crippen MR) is 129 cm³/mol. The van der Waals surface area contributed by atoms with Gasteiger partial charge in [-0.15, -0.1) is 11.8 Å². The second-order valence-electron chi connectivity index (χ2n) is 7.90. The van der Waals surface area contributed by atoms with E-state index in [-0.39, 0.29) is 24.2 Å². The van der Waals surface area contributed by atoms with Crippen LogP contribution in [0, 0.1) is 0 Å². The lowest BCUT2D eigenvalue weighted by Gasteiger charge is -2.19. The van der Waals surface area contributed by atoms with Crippen LogP contribution in [0.3, 0.4) is 0 Å². The standard InChI is InChI=1S/C25H30N2O5S/c1-2-3-12-22(24(30)26-13-14-33-16-23(28)29)27-25(31)32-15-21-19-10-6-4-8-17(19)18-9-5-7-11-20(18)21/h4-11,21-22H,2-3,12-16H2,1H3,(H,26,30)(H,27,31)(H,28,29). The second kappa shape index (κ2) is 12.3.